The number of para-hydroxylation sites is 3. The van der Waals surface area contributed by atoms with Crippen LogP contribution in [0.25, 0.3) is 10.9 Å². The van der Waals surface area contributed by atoms with Crippen LogP contribution in [-0.2, 0) is 0 Å². The van der Waals surface area contributed by atoms with Crippen molar-refractivity contribution in [2.75, 3.05) is 12.4 Å². The predicted molar refractivity (Wildman–Crippen MR) is 103 cm³/mol. The van der Waals surface area contributed by atoms with Crippen molar-refractivity contribution in [3.05, 3.63) is 59.8 Å². The Morgan fingerprint density at radius 3 is 2.75 bits per heavy atom. The van der Waals surface area contributed by atoms with Crippen LogP contribution < -0.4 is 15.5 Å². The average molecular weight is 338 g/mol. The first-order valence-corrected chi connectivity index (χ1v) is 7.90. The quantitative estimate of drug-likeness (QED) is 0.385. The summed E-state index contributed by atoms with van der Waals surface area (Å²) in [6, 6.07) is 15.7. The number of nitrogens with one attached hydrogen (secondary N) is 3. The third-order valence-electron chi connectivity index (χ3n) is 3.66. The molecular weight excluding hydrogens is 320 g/mol. The smallest absolute Gasteiger partial charge is 0.191 e. The number of nitrogens with zero attached hydrogens (tertiary/aromatic N) is 1. The number of H-pyrrole nitrogens is 1. The van der Waals surface area contributed by atoms with Gasteiger partial charge in [0.2, 0.25) is 0 Å². The zero-order valence-corrected chi connectivity index (χ0v) is 14.3. The molecule has 1 heterocycles. The Morgan fingerprint density at radius 1 is 1.17 bits per heavy atom. The largest absolute Gasteiger partial charge is 0.495 e. The molecule has 0 atom stereocenters. The normalized spacial score (nSPS) is 10.9. The maximum absolute atomic E-state index is 5.28. The second-order valence-corrected chi connectivity index (χ2v) is 5.64. The standard InChI is InChI=1S/C18H18N4OS/c1-12-14(13-7-3-4-8-15(13)20-12)11-19-22-18(24)21-16-9-5-6-10-17(16)23-2/h3-11,20H,1-2H3,(H2,21,22,24)/b19-11+. The van der Waals surface area contributed by atoms with Crippen molar-refractivity contribution in [1.29, 1.82) is 0 Å². The molecule has 3 rings (SSSR count). The lowest BCUT2D eigenvalue weighted by molar-refractivity contribution is 0.417. The fourth-order valence-corrected chi connectivity index (χ4v) is 2.68. The molecule has 5 nitrogen and oxygen atoms in total. The average Bonchev–Trinajstić information content (AvgIpc) is 2.91. The van der Waals surface area contributed by atoms with Crippen LogP contribution in [0.1, 0.15) is 11.3 Å². The van der Waals surface area contributed by atoms with E-state index in [9.17, 15) is 0 Å². The zero-order valence-electron chi connectivity index (χ0n) is 13.5. The van der Waals surface area contributed by atoms with Gasteiger partial charge in [0.25, 0.3) is 0 Å². The lowest BCUT2D eigenvalue weighted by atomic mass is 10.1. The summed E-state index contributed by atoms with van der Waals surface area (Å²) < 4.78 is 5.28. The summed E-state index contributed by atoms with van der Waals surface area (Å²) in [7, 11) is 1.62. The number of methoxy groups -OCH3 is 1. The lowest BCUT2D eigenvalue weighted by Crippen LogP contribution is -2.24. The van der Waals surface area contributed by atoms with Crippen LogP contribution in [0.4, 0.5) is 5.69 Å². The molecule has 0 amide bonds. The van der Waals surface area contributed by atoms with Gasteiger partial charge in [-0.05, 0) is 37.3 Å². The summed E-state index contributed by atoms with van der Waals surface area (Å²) in [5, 5.41) is 8.83. The maximum Gasteiger partial charge on any atom is 0.191 e. The summed E-state index contributed by atoms with van der Waals surface area (Å²) in [6.07, 6.45) is 1.77. The Bertz CT molecular complexity index is 901. The van der Waals surface area contributed by atoms with Crippen molar-refractivity contribution in [2.24, 2.45) is 5.10 Å². The number of benzene rings is 2. The van der Waals surface area contributed by atoms with Crippen molar-refractivity contribution in [3.8, 4) is 5.75 Å². The summed E-state index contributed by atoms with van der Waals surface area (Å²) in [5.41, 5.74) is 6.81. The van der Waals surface area contributed by atoms with Crippen LogP contribution in [0.5, 0.6) is 5.75 Å². The van der Waals surface area contributed by atoms with Gasteiger partial charge in [-0.2, -0.15) is 5.10 Å². The predicted octanol–water partition coefficient (Wildman–Crippen LogP) is 3.81. The number of hydrogen-bond donors (Lipinski definition) is 3. The SMILES string of the molecule is COc1ccccc1NC(=S)N/N=C/c1c(C)[nH]c2ccccc12. The number of rotatable bonds is 4. The molecule has 0 bridgehead atoms. The molecule has 0 aliphatic heterocycles. The molecule has 3 N–H and O–H groups in total. The molecule has 1 aromatic heterocycles. The number of aromatic nitrogens is 1. The number of anilines is 1. The first-order chi connectivity index (χ1) is 11.7. The minimum Gasteiger partial charge on any atom is -0.495 e. The Kier molecular flexibility index (Phi) is 4.77. The van der Waals surface area contributed by atoms with E-state index in [0.29, 0.717) is 5.11 Å². The van der Waals surface area contributed by atoms with Crippen molar-refractivity contribution in [1.82, 2.24) is 10.4 Å². The van der Waals surface area contributed by atoms with Gasteiger partial charge in [0.15, 0.2) is 5.11 Å². The highest BCUT2D eigenvalue weighted by Gasteiger charge is 2.06. The minimum atomic E-state index is 0.397. The highest BCUT2D eigenvalue weighted by Crippen LogP contribution is 2.23. The fourth-order valence-electron chi connectivity index (χ4n) is 2.52. The first-order valence-electron chi connectivity index (χ1n) is 7.49. The van der Waals surface area contributed by atoms with Crippen molar-refractivity contribution < 1.29 is 4.74 Å². The van der Waals surface area contributed by atoms with Gasteiger partial charge in [-0.3, -0.25) is 5.43 Å². The molecule has 0 saturated carbocycles. The van der Waals surface area contributed by atoms with Crippen molar-refractivity contribution in [3.63, 3.8) is 0 Å². The highest BCUT2D eigenvalue weighted by molar-refractivity contribution is 7.80. The maximum atomic E-state index is 5.28. The van der Waals surface area contributed by atoms with Crippen LogP contribution in [0.2, 0.25) is 0 Å². The molecule has 0 aliphatic rings. The van der Waals surface area contributed by atoms with Gasteiger partial charge in [-0.1, -0.05) is 30.3 Å². The van der Waals surface area contributed by atoms with E-state index in [1.807, 2.05) is 49.4 Å². The number of aryl methyl sites for hydroxylation is 1. The number of thiocarbonyl (C=S) groups is 1. The van der Waals surface area contributed by atoms with E-state index in [0.717, 1.165) is 33.6 Å². The monoisotopic (exact) mass is 338 g/mol. The molecule has 0 radical (unpaired) electrons. The van der Waals surface area contributed by atoms with Gasteiger partial charge in [0, 0.05) is 22.2 Å². The number of hydrogen-bond acceptors (Lipinski definition) is 3. The van der Waals surface area contributed by atoms with Gasteiger partial charge >= 0.3 is 0 Å². The molecular formula is C18H18N4OS. The van der Waals surface area contributed by atoms with E-state index in [4.69, 9.17) is 17.0 Å². The zero-order chi connectivity index (χ0) is 16.9. The van der Waals surface area contributed by atoms with Crippen LogP contribution in [0.15, 0.2) is 53.6 Å². The second kappa shape index (κ2) is 7.14. The van der Waals surface area contributed by atoms with Crippen LogP contribution in [0, 0.1) is 6.92 Å². The molecule has 24 heavy (non-hydrogen) atoms. The summed E-state index contributed by atoms with van der Waals surface area (Å²) in [4.78, 5) is 3.34. The first kappa shape index (κ1) is 16.0. The number of ether oxygens (including phenoxy) is 1. The van der Waals surface area contributed by atoms with E-state index in [2.05, 4.69) is 26.9 Å². The molecule has 0 saturated heterocycles. The Morgan fingerprint density at radius 2 is 1.92 bits per heavy atom. The Balaban J connectivity index is 1.69. The molecule has 6 heteroatoms. The molecule has 122 valence electrons. The summed E-state index contributed by atoms with van der Waals surface area (Å²) in [6.45, 7) is 2.02. The topological polar surface area (TPSA) is 61.4 Å². The van der Waals surface area contributed by atoms with Crippen molar-refractivity contribution in [2.45, 2.75) is 6.92 Å². The molecule has 0 spiro atoms. The van der Waals surface area contributed by atoms with E-state index in [1.165, 1.54) is 0 Å². The molecule has 2 aromatic carbocycles. The van der Waals surface area contributed by atoms with Gasteiger partial charge in [-0.15, -0.1) is 0 Å². The lowest BCUT2D eigenvalue weighted by Gasteiger charge is -2.10. The highest BCUT2D eigenvalue weighted by atomic mass is 32.1. The van der Waals surface area contributed by atoms with Crippen LogP contribution in [-0.4, -0.2) is 23.4 Å². The molecule has 0 fully saturated rings. The number of aromatic amines is 1. The number of hydrazone groups is 1. The van der Waals surface area contributed by atoms with E-state index in [1.54, 1.807) is 13.3 Å². The minimum absolute atomic E-state index is 0.397. The fraction of sp³-hybridized carbons (Fsp3) is 0.111. The third kappa shape index (κ3) is 3.38. The molecule has 0 unspecified atom stereocenters. The molecule has 3 aromatic rings. The number of fused-ring (bicyclic) bond motifs is 1. The van der Waals surface area contributed by atoms with E-state index >= 15 is 0 Å². The summed E-state index contributed by atoms with van der Waals surface area (Å²) >= 11 is 5.27. The summed E-state index contributed by atoms with van der Waals surface area (Å²) in [5.74, 6) is 0.720. The Hall–Kier alpha value is -2.86. The van der Waals surface area contributed by atoms with Gasteiger partial charge in [0.1, 0.15) is 5.75 Å². The third-order valence-corrected chi connectivity index (χ3v) is 3.85. The molecule has 0 aliphatic carbocycles. The van der Waals surface area contributed by atoms with Crippen molar-refractivity contribution >= 4 is 40.1 Å². The van der Waals surface area contributed by atoms with Crippen LogP contribution >= 0.6 is 12.2 Å². The van der Waals surface area contributed by atoms with Gasteiger partial charge < -0.3 is 15.0 Å². The van der Waals surface area contributed by atoms with E-state index < -0.39 is 0 Å². The van der Waals surface area contributed by atoms with Crippen LogP contribution in [0.3, 0.4) is 0 Å². The Labute approximate surface area is 145 Å². The van der Waals surface area contributed by atoms with Gasteiger partial charge in [-0.25, -0.2) is 0 Å². The van der Waals surface area contributed by atoms with Gasteiger partial charge in [0.05, 0.1) is 19.0 Å². The van der Waals surface area contributed by atoms with E-state index in [-0.39, 0.29) is 0 Å². The second-order valence-electron chi connectivity index (χ2n) is 5.23.